The topological polar surface area (TPSA) is 64.7 Å². The van der Waals surface area contributed by atoms with Crippen LogP contribution < -0.4 is 10.5 Å². The minimum atomic E-state index is -0.647. The molecule has 1 saturated heterocycles. The van der Waals surface area contributed by atoms with Crippen molar-refractivity contribution in [1.29, 1.82) is 0 Å². The Morgan fingerprint density at radius 3 is 2.88 bits per heavy atom. The monoisotopic (exact) mass is 237 g/mol. The third-order valence-electron chi connectivity index (χ3n) is 3.55. The number of methoxy groups -OCH3 is 1. The Morgan fingerprint density at radius 1 is 1.53 bits per heavy atom. The second kappa shape index (κ2) is 5.04. The molecule has 0 aromatic heterocycles. The van der Waals surface area contributed by atoms with Gasteiger partial charge in [-0.05, 0) is 12.5 Å². The van der Waals surface area contributed by atoms with E-state index in [-0.39, 0.29) is 5.41 Å². The number of hydrogen-bond acceptors (Lipinski definition) is 4. The summed E-state index contributed by atoms with van der Waals surface area (Å²) in [6.07, 6.45) is 0.133. The Bertz CT molecular complexity index is 375. The van der Waals surface area contributed by atoms with Gasteiger partial charge in [0.05, 0.1) is 19.8 Å². The van der Waals surface area contributed by atoms with Gasteiger partial charge in [0.15, 0.2) is 0 Å². The quantitative estimate of drug-likeness (QED) is 0.823. The number of aliphatic hydroxyl groups is 1. The highest BCUT2D eigenvalue weighted by atomic mass is 16.5. The fourth-order valence-electron chi connectivity index (χ4n) is 2.33. The van der Waals surface area contributed by atoms with Gasteiger partial charge in [0.2, 0.25) is 0 Å². The fourth-order valence-corrected chi connectivity index (χ4v) is 2.33. The SMILES string of the molecule is COc1ccccc1C(O)C1(CN)CCOC1. The maximum atomic E-state index is 10.5. The zero-order valence-electron chi connectivity index (χ0n) is 10.1. The van der Waals surface area contributed by atoms with Crippen molar-refractivity contribution in [3.8, 4) is 5.75 Å². The van der Waals surface area contributed by atoms with Crippen molar-refractivity contribution in [1.82, 2.24) is 0 Å². The van der Waals surface area contributed by atoms with E-state index in [1.807, 2.05) is 24.3 Å². The van der Waals surface area contributed by atoms with Gasteiger partial charge in [-0.3, -0.25) is 0 Å². The highest BCUT2D eigenvalue weighted by Crippen LogP contribution is 2.42. The average Bonchev–Trinajstić information content (AvgIpc) is 2.88. The van der Waals surface area contributed by atoms with Gasteiger partial charge in [-0.1, -0.05) is 18.2 Å². The van der Waals surface area contributed by atoms with Gasteiger partial charge in [0.1, 0.15) is 5.75 Å². The summed E-state index contributed by atoms with van der Waals surface area (Å²) in [6.45, 7) is 1.57. The molecular formula is C13H19NO3. The summed E-state index contributed by atoms with van der Waals surface area (Å²) < 4.78 is 10.7. The van der Waals surface area contributed by atoms with E-state index in [0.29, 0.717) is 25.5 Å². The Kier molecular flexibility index (Phi) is 3.66. The lowest BCUT2D eigenvalue weighted by Crippen LogP contribution is -2.37. The fraction of sp³-hybridized carbons (Fsp3) is 0.538. The Morgan fingerprint density at radius 2 is 2.29 bits per heavy atom. The normalized spacial score (nSPS) is 25.8. The largest absolute Gasteiger partial charge is 0.496 e. The first-order chi connectivity index (χ1) is 8.23. The van der Waals surface area contributed by atoms with Crippen molar-refractivity contribution >= 4 is 0 Å². The van der Waals surface area contributed by atoms with Gasteiger partial charge < -0.3 is 20.3 Å². The predicted molar refractivity (Wildman–Crippen MR) is 64.9 cm³/mol. The molecule has 0 radical (unpaired) electrons. The summed E-state index contributed by atoms with van der Waals surface area (Å²) in [5.74, 6) is 0.694. The molecule has 0 bridgehead atoms. The number of ether oxygens (including phenoxy) is 2. The van der Waals surface area contributed by atoms with E-state index >= 15 is 0 Å². The molecule has 0 spiro atoms. The van der Waals surface area contributed by atoms with E-state index in [4.69, 9.17) is 15.2 Å². The van der Waals surface area contributed by atoms with Crippen LogP contribution in [0.5, 0.6) is 5.75 Å². The van der Waals surface area contributed by atoms with Crippen LogP contribution in [-0.4, -0.2) is 32.0 Å². The molecule has 0 amide bonds. The Hall–Kier alpha value is -1.10. The van der Waals surface area contributed by atoms with E-state index in [2.05, 4.69) is 0 Å². The van der Waals surface area contributed by atoms with Crippen molar-refractivity contribution in [2.75, 3.05) is 26.9 Å². The first-order valence-corrected chi connectivity index (χ1v) is 5.82. The van der Waals surface area contributed by atoms with Gasteiger partial charge >= 0.3 is 0 Å². The zero-order chi connectivity index (χ0) is 12.3. The molecule has 2 unspecified atom stereocenters. The highest BCUT2D eigenvalue weighted by Gasteiger charge is 2.42. The van der Waals surface area contributed by atoms with E-state index in [1.165, 1.54) is 0 Å². The minimum absolute atomic E-state index is 0.380. The lowest BCUT2D eigenvalue weighted by Gasteiger charge is -2.32. The summed E-state index contributed by atoms with van der Waals surface area (Å²) in [5.41, 5.74) is 6.22. The van der Waals surface area contributed by atoms with E-state index in [9.17, 15) is 5.11 Å². The molecule has 0 aliphatic carbocycles. The van der Waals surface area contributed by atoms with Gasteiger partial charge in [0, 0.05) is 24.1 Å². The van der Waals surface area contributed by atoms with Crippen LogP contribution in [0.1, 0.15) is 18.1 Å². The zero-order valence-corrected chi connectivity index (χ0v) is 10.1. The number of rotatable bonds is 4. The van der Waals surface area contributed by atoms with Crippen LogP contribution in [0.3, 0.4) is 0 Å². The van der Waals surface area contributed by atoms with Gasteiger partial charge in [0.25, 0.3) is 0 Å². The number of benzene rings is 1. The van der Waals surface area contributed by atoms with Crippen LogP contribution in [0, 0.1) is 5.41 Å². The number of para-hydroxylation sites is 1. The summed E-state index contributed by atoms with van der Waals surface area (Å²) >= 11 is 0. The van der Waals surface area contributed by atoms with Crippen molar-refractivity contribution in [2.24, 2.45) is 11.1 Å². The molecule has 3 N–H and O–H groups in total. The van der Waals surface area contributed by atoms with E-state index in [1.54, 1.807) is 7.11 Å². The second-order valence-corrected chi connectivity index (χ2v) is 4.51. The number of hydrogen-bond donors (Lipinski definition) is 2. The molecule has 4 nitrogen and oxygen atoms in total. The van der Waals surface area contributed by atoms with Crippen LogP contribution in [-0.2, 0) is 4.74 Å². The molecule has 1 aromatic rings. The van der Waals surface area contributed by atoms with Gasteiger partial charge in [-0.25, -0.2) is 0 Å². The minimum Gasteiger partial charge on any atom is -0.496 e. The van der Waals surface area contributed by atoms with Crippen LogP contribution in [0.15, 0.2) is 24.3 Å². The van der Waals surface area contributed by atoms with E-state index < -0.39 is 6.10 Å². The lowest BCUT2D eigenvalue weighted by molar-refractivity contribution is 0.0176. The molecule has 1 aliphatic heterocycles. The van der Waals surface area contributed by atoms with Crippen molar-refractivity contribution in [3.05, 3.63) is 29.8 Å². The maximum Gasteiger partial charge on any atom is 0.124 e. The predicted octanol–water partition coefficient (Wildman–Crippen LogP) is 1.09. The van der Waals surface area contributed by atoms with Crippen LogP contribution in [0.2, 0.25) is 0 Å². The van der Waals surface area contributed by atoms with Crippen molar-refractivity contribution < 1.29 is 14.6 Å². The molecule has 4 heteroatoms. The molecule has 2 atom stereocenters. The molecular weight excluding hydrogens is 218 g/mol. The Balaban J connectivity index is 2.32. The number of nitrogens with two attached hydrogens (primary N) is 1. The van der Waals surface area contributed by atoms with Crippen molar-refractivity contribution in [2.45, 2.75) is 12.5 Å². The van der Waals surface area contributed by atoms with Crippen LogP contribution in [0.25, 0.3) is 0 Å². The Labute approximate surface area is 101 Å². The van der Waals surface area contributed by atoms with Crippen LogP contribution in [0.4, 0.5) is 0 Å². The molecule has 94 valence electrons. The standard InChI is InChI=1S/C13H19NO3/c1-16-11-5-3-2-4-10(11)12(15)13(8-14)6-7-17-9-13/h2-5,12,15H,6-9,14H2,1H3. The summed E-state index contributed by atoms with van der Waals surface area (Å²) in [6, 6.07) is 7.49. The summed E-state index contributed by atoms with van der Waals surface area (Å²) in [5, 5.41) is 10.5. The third kappa shape index (κ3) is 2.16. The maximum absolute atomic E-state index is 10.5. The molecule has 1 aliphatic rings. The number of aliphatic hydroxyl groups excluding tert-OH is 1. The highest BCUT2D eigenvalue weighted by molar-refractivity contribution is 5.36. The summed E-state index contributed by atoms with van der Waals surface area (Å²) in [7, 11) is 1.60. The molecule has 2 rings (SSSR count). The van der Waals surface area contributed by atoms with Crippen LogP contribution >= 0.6 is 0 Å². The molecule has 17 heavy (non-hydrogen) atoms. The van der Waals surface area contributed by atoms with Crippen molar-refractivity contribution in [3.63, 3.8) is 0 Å². The molecule has 1 heterocycles. The van der Waals surface area contributed by atoms with Gasteiger partial charge in [-0.15, -0.1) is 0 Å². The lowest BCUT2D eigenvalue weighted by atomic mass is 9.78. The van der Waals surface area contributed by atoms with E-state index in [0.717, 1.165) is 12.0 Å². The first kappa shape index (κ1) is 12.4. The molecule has 0 saturated carbocycles. The summed E-state index contributed by atoms with van der Waals surface area (Å²) in [4.78, 5) is 0. The average molecular weight is 237 g/mol. The third-order valence-corrected chi connectivity index (χ3v) is 3.55. The first-order valence-electron chi connectivity index (χ1n) is 5.82. The molecule has 1 fully saturated rings. The smallest absolute Gasteiger partial charge is 0.124 e. The second-order valence-electron chi connectivity index (χ2n) is 4.51. The molecule has 1 aromatic carbocycles. The van der Waals surface area contributed by atoms with Gasteiger partial charge in [-0.2, -0.15) is 0 Å².